The molecule has 0 aliphatic rings. The largest absolute Gasteiger partial charge is 0.496 e. The Bertz CT molecular complexity index is 1560. The molecule has 0 fully saturated rings. The summed E-state index contributed by atoms with van der Waals surface area (Å²) in [6.07, 6.45) is 6.89. The van der Waals surface area contributed by atoms with Gasteiger partial charge in [-0.15, -0.1) is 0 Å². The van der Waals surface area contributed by atoms with Gasteiger partial charge in [0, 0.05) is 49.1 Å². The first kappa shape index (κ1) is 19.8. The number of benzene rings is 1. The lowest BCUT2D eigenvalue weighted by atomic mass is 10.0. The van der Waals surface area contributed by atoms with Gasteiger partial charge in [0.1, 0.15) is 5.75 Å². The maximum atomic E-state index is 13.3. The summed E-state index contributed by atoms with van der Waals surface area (Å²) in [5.41, 5.74) is 5.28. The Morgan fingerprint density at radius 1 is 1.00 bits per heavy atom. The van der Waals surface area contributed by atoms with Gasteiger partial charge >= 0.3 is 5.69 Å². The number of aromatic nitrogens is 6. The molecule has 5 aromatic rings. The molecule has 32 heavy (non-hydrogen) atoms. The summed E-state index contributed by atoms with van der Waals surface area (Å²) in [6.45, 7) is 1.96. The van der Waals surface area contributed by atoms with Crippen LogP contribution in [0.4, 0.5) is 0 Å². The molecule has 0 aliphatic carbocycles. The number of hydrogen-bond acceptors (Lipinski definition) is 6. The summed E-state index contributed by atoms with van der Waals surface area (Å²) < 4.78 is 16.2. The highest BCUT2D eigenvalue weighted by Crippen LogP contribution is 2.38. The van der Waals surface area contributed by atoms with Crippen molar-refractivity contribution in [1.82, 2.24) is 28.9 Å². The Kier molecular flexibility index (Phi) is 4.47. The zero-order chi connectivity index (χ0) is 22.6. The van der Waals surface area contributed by atoms with E-state index in [0.29, 0.717) is 28.2 Å². The van der Waals surface area contributed by atoms with Crippen molar-refractivity contribution in [1.29, 1.82) is 0 Å². The van der Waals surface area contributed by atoms with Gasteiger partial charge in [0.15, 0.2) is 5.75 Å². The molecule has 4 heterocycles. The van der Waals surface area contributed by atoms with Crippen LogP contribution >= 0.6 is 0 Å². The van der Waals surface area contributed by atoms with E-state index in [1.54, 1.807) is 59.7 Å². The van der Waals surface area contributed by atoms with E-state index in [9.17, 15) is 4.79 Å². The summed E-state index contributed by atoms with van der Waals surface area (Å²) in [4.78, 5) is 22.1. The zero-order valence-corrected chi connectivity index (χ0v) is 18.4. The van der Waals surface area contributed by atoms with Gasteiger partial charge in [-0.1, -0.05) is 0 Å². The third-order valence-electron chi connectivity index (χ3n) is 5.73. The fraction of sp³-hybridized carbons (Fsp3) is 0.217. The molecule has 0 saturated heterocycles. The number of hydrogen-bond donors (Lipinski definition) is 0. The molecule has 0 atom stereocenters. The summed E-state index contributed by atoms with van der Waals surface area (Å²) in [5, 5.41) is 5.29. The van der Waals surface area contributed by atoms with E-state index >= 15 is 0 Å². The minimum atomic E-state index is -0.200. The standard InChI is InChI=1S/C23H22N6O3/c1-13-16(12-27(2)26-13)14-8-15-17(9-20(14)31-4)25-10-19-22(15)29(23(30)28(19)3)18-6-7-24-11-21(18)32-5/h6-12H,1-5H3. The van der Waals surface area contributed by atoms with Crippen molar-refractivity contribution in [2.75, 3.05) is 14.2 Å². The molecule has 0 saturated carbocycles. The number of pyridine rings is 2. The van der Waals surface area contributed by atoms with Crippen LogP contribution in [0.2, 0.25) is 0 Å². The van der Waals surface area contributed by atoms with E-state index < -0.39 is 0 Å². The molecular formula is C23H22N6O3. The number of ether oxygens (including phenoxy) is 2. The van der Waals surface area contributed by atoms with E-state index in [0.717, 1.165) is 27.7 Å². The van der Waals surface area contributed by atoms with Crippen LogP contribution in [0.15, 0.2) is 47.8 Å². The zero-order valence-electron chi connectivity index (χ0n) is 18.4. The van der Waals surface area contributed by atoms with Crippen LogP contribution in [0.1, 0.15) is 5.69 Å². The lowest BCUT2D eigenvalue weighted by Crippen LogP contribution is -2.21. The molecule has 0 unspecified atom stereocenters. The normalized spacial score (nSPS) is 11.4. The van der Waals surface area contributed by atoms with Gasteiger partial charge in [0.05, 0.1) is 54.5 Å². The Morgan fingerprint density at radius 3 is 2.47 bits per heavy atom. The third kappa shape index (κ3) is 2.78. The average Bonchev–Trinajstić information content (AvgIpc) is 3.27. The quantitative estimate of drug-likeness (QED) is 0.436. The van der Waals surface area contributed by atoms with Gasteiger partial charge in [0.25, 0.3) is 0 Å². The fourth-order valence-electron chi connectivity index (χ4n) is 4.21. The lowest BCUT2D eigenvalue weighted by molar-refractivity contribution is 0.411. The second-order valence-electron chi connectivity index (χ2n) is 7.59. The lowest BCUT2D eigenvalue weighted by Gasteiger charge is -2.12. The van der Waals surface area contributed by atoms with E-state index in [2.05, 4.69) is 15.1 Å². The van der Waals surface area contributed by atoms with Crippen LogP contribution in [0.5, 0.6) is 11.5 Å². The van der Waals surface area contributed by atoms with Crippen LogP contribution in [-0.4, -0.2) is 43.1 Å². The van der Waals surface area contributed by atoms with Crippen molar-refractivity contribution in [3.63, 3.8) is 0 Å². The predicted molar refractivity (Wildman–Crippen MR) is 122 cm³/mol. The number of rotatable bonds is 4. The van der Waals surface area contributed by atoms with Crippen LogP contribution in [0.25, 0.3) is 38.8 Å². The second-order valence-corrected chi connectivity index (χ2v) is 7.59. The molecule has 0 spiro atoms. The summed E-state index contributed by atoms with van der Waals surface area (Å²) in [6, 6.07) is 5.67. The van der Waals surface area contributed by atoms with E-state index in [1.807, 2.05) is 32.3 Å². The SMILES string of the molecule is COc1cc2ncc3c(c2cc1-c1cn(C)nc1C)n(-c1ccncc1OC)c(=O)n3C. The smallest absolute Gasteiger partial charge is 0.333 e. The average molecular weight is 430 g/mol. The Hall–Kier alpha value is -4.14. The molecule has 0 amide bonds. The molecule has 9 heteroatoms. The van der Waals surface area contributed by atoms with Gasteiger partial charge in [-0.05, 0) is 19.1 Å². The first-order valence-electron chi connectivity index (χ1n) is 10.0. The van der Waals surface area contributed by atoms with Gasteiger partial charge in [0.2, 0.25) is 0 Å². The minimum Gasteiger partial charge on any atom is -0.496 e. The highest BCUT2D eigenvalue weighted by molar-refractivity contribution is 6.06. The van der Waals surface area contributed by atoms with Gasteiger partial charge in [-0.2, -0.15) is 5.10 Å². The van der Waals surface area contributed by atoms with Gasteiger partial charge in [-0.25, -0.2) is 4.79 Å². The Labute approximate surface area is 183 Å². The Morgan fingerprint density at radius 2 is 1.78 bits per heavy atom. The maximum Gasteiger partial charge on any atom is 0.333 e. The van der Waals surface area contributed by atoms with Crippen LogP contribution in [0, 0.1) is 6.92 Å². The first-order valence-corrected chi connectivity index (χ1v) is 10.0. The number of imidazole rings is 1. The highest BCUT2D eigenvalue weighted by Gasteiger charge is 2.21. The van der Waals surface area contributed by atoms with Crippen molar-refractivity contribution >= 4 is 21.9 Å². The van der Waals surface area contributed by atoms with Crippen LogP contribution in [0.3, 0.4) is 0 Å². The third-order valence-corrected chi connectivity index (χ3v) is 5.73. The van der Waals surface area contributed by atoms with Gasteiger partial charge in [-0.3, -0.25) is 23.8 Å². The molecule has 0 bridgehead atoms. The molecule has 0 radical (unpaired) electrons. The molecule has 9 nitrogen and oxygen atoms in total. The fourth-order valence-corrected chi connectivity index (χ4v) is 4.21. The van der Waals surface area contributed by atoms with E-state index in [1.165, 1.54) is 0 Å². The molecule has 0 aliphatic heterocycles. The molecular weight excluding hydrogens is 408 g/mol. The second kappa shape index (κ2) is 7.23. The Balaban J connectivity index is 1.95. The van der Waals surface area contributed by atoms with Crippen molar-refractivity contribution in [3.8, 4) is 28.3 Å². The summed E-state index contributed by atoms with van der Waals surface area (Å²) in [7, 11) is 6.81. The van der Waals surface area contributed by atoms with Crippen molar-refractivity contribution in [3.05, 3.63) is 59.2 Å². The van der Waals surface area contributed by atoms with Crippen molar-refractivity contribution in [2.45, 2.75) is 6.92 Å². The summed E-state index contributed by atoms with van der Waals surface area (Å²) >= 11 is 0. The first-order chi connectivity index (χ1) is 15.4. The van der Waals surface area contributed by atoms with Crippen molar-refractivity contribution < 1.29 is 9.47 Å². The van der Waals surface area contributed by atoms with E-state index in [4.69, 9.17) is 9.47 Å². The monoisotopic (exact) mass is 430 g/mol. The molecule has 4 aromatic heterocycles. The number of methoxy groups -OCH3 is 2. The predicted octanol–water partition coefficient (Wildman–Crippen LogP) is 3.00. The number of aryl methyl sites for hydroxylation is 3. The van der Waals surface area contributed by atoms with Crippen molar-refractivity contribution in [2.24, 2.45) is 14.1 Å². The van der Waals surface area contributed by atoms with E-state index in [-0.39, 0.29) is 5.69 Å². The van der Waals surface area contributed by atoms with Crippen LogP contribution < -0.4 is 15.2 Å². The molecule has 0 N–H and O–H groups in total. The molecule has 162 valence electrons. The highest BCUT2D eigenvalue weighted by atomic mass is 16.5. The maximum absolute atomic E-state index is 13.3. The number of nitrogens with zero attached hydrogens (tertiary/aromatic N) is 6. The minimum absolute atomic E-state index is 0.200. The summed E-state index contributed by atoms with van der Waals surface area (Å²) in [5.74, 6) is 1.19. The van der Waals surface area contributed by atoms with Crippen LogP contribution in [-0.2, 0) is 14.1 Å². The molecule has 1 aromatic carbocycles. The molecule has 5 rings (SSSR count). The van der Waals surface area contributed by atoms with Gasteiger partial charge < -0.3 is 9.47 Å². The topological polar surface area (TPSA) is 89.0 Å². The number of fused-ring (bicyclic) bond motifs is 3.